The summed E-state index contributed by atoms with van der Waals surface area (Å²) in [5.41, 5.74) is 2.16. The number of methoxy groups -OCH3 is 1. The molecule has 0 saturated carbocycles. The molecule has 34 heavy (non-hydrogen) atoms. The maximum absolute atomic E-state index is 12.5. The monoisotopic (exact) mass is 482 g/mol. The second kappa shape index (κ2) is 11.7. The predicted octanol–water partition coefficient (Wildman–Crippen LogP) is 5.07. The molecule has 0 radical (unpaired) electrons. The van der Waals surface area contributed by atoms with Gasteiger partial charge in [0.15, 0.2) is 0 Å². The lowest BCUT2D eigenvalue weighted by atomic mass is 10.1. The molecule has 9 heteroatoms. The summed E-state index contributed by atoms with van der Waals surface area (Å²) in [6.45, 7) is 2.17. The van der Waals surface area contributed by atoms with E-state index in [1.54, 1.807) is 49.4 Å². The molecule has 0 saturated heterocycles. The minimum atomic E-state index is -0.803. The molecule has 3 aromatic rings. The van der Waals surface area contributed by atoms with Crippen molar-refractivity contribution in [3.05, 3.63) is 88.4 Å². The molecule has 3 aromatic carbocycles. The summed E-state index contributed by atoms with van der Waals surface area (Å²) in [4.78, 5) is 36.3. The third-order valence-corrected chi connectivity index (χ3v) is 4.89. The second-order valence-electron chi connectivity index (χ2n) is 6.99. The fourth-order valence-corrected chi connectivity index (χ4v) is 3.13. The third-order valence-electron chi connectivity index (χ3n) is 4.65. The number of anilines is 1. The van der Waals surface area contributed by atoms with Crippen LogP contribution < -0.4 is 20.1 Å². The molecule has 0 unspecified atom stereocenters. The first-order chi connectivity index (χ1) is 16.4. The van der Waals surface area contributed by atoms with E-state index in [1.165, 1.54) is 31.4 Å². The Balaban J connectivity index is 1.54. The Kier molecular flexibility index (Phi) is 8.48. The topological polar surface area (TPSA) is 103 Å². The zero-order valence-corrected chi connectivity index (χ0v) is 19.3. The van der Waals surface area contributed by atoms with Crippen molar-refractivity contribution in [2.45, 2.75) is 13.5 Å². The van der Waals surface area contributed by atoms with Crippen molar-refractivity contribution in [3.63, 3.8) is 0 Å². The van der Waals surface area contributed by atoms with Crippen molar-refractivity contribution in [2.24, 2.45) is 0 Å². The molecule has 0 aromatic heterocycles. The summed E-state index contributed by atoms with van der Waals surface area (Å²) in [6, 6.07) is 18.0. The van der Waals surface area contributed by atoms with E-state index >= 15 is 0 Å². The van der Waals surface area contributed by atoms with Crippen molar-refractivity contribution >= 4 is 35.3 Å². The number of hydrogen-bond acceptors (Lipinski definition) is 6. The molecular weight excluding hydrogens is 460 g/mol. The van der Waals surface area contributed by atoms with Crippen LogP contribution >= 0.6 is 11.6 Å². The van der Waals surface area contributed by atoms with Crippen LogP contribution in [0.2, 0.25) is 5.02 Å². The third kappa shape index (κ3) is 6.73. The van der Waals surface area contributed by atoms with Gasteiger partial charge in [-0.25, -0.2) is 4.79 Å². The summed E-state index contributed by atoms with van der Waals surface area (Å²) in [6.07, 6.45) is -0.803. The van der Waals surface area contributed by atoms with Gasteiger partial charge in [0, 0.05) is 22.8 Å². The highest BCUT2D eigenvalue weighted by Crippen LogP contribution is 2.22. The van der Waals surface area contributed by atoms with E-state index in [0.29, 0.717) is 27.6 Å². The summed E-state index contributed by atoms with van der Waals surface area (Å²) in [7, 11) is 1.48. The average molecular weight is 483 g/mol. The summed E-state index contributed by atoms with van der Waals surface area (Å²) in [5, 5.41) is 6.05. The van der Waals surface area contributed by atoms with E-state index < -0.39 is 6.16 Å². The van der Waals surface area contributed by atoms with Crippen LogP contribution in [0.3, 0.4) is 0 Å². The number of nitrogens with one attached hydrogen (secondary N) is 2. The van der Waals surface area contributed by atoms with Crippen LogP contribution in [0.4, 0.5) is 10.5 Å². The highest BCUT2D eigenvalue weighted by molar-refractivity contribution is 6.31. The van der Waals surface area contributed by atoms with Gasteiger partial charge < -0.3 is 24.8 Å². The summed E-state index contributed by atoms with van der Waals surface area (Å²) >= 11 is 5.98. The largest absolute Gasteiger partial charge is 0.513 e. The van der Waals surface area contributed by atoms with Gasteiger partial charge in [0.1, 0.15) is 11.5 Å². The van der Waals surface area contributed by atoms with Crippen molar-refractivity contribution in [1.82, 2.24) is 5.32 Å². The van der Waals surface area contributed by atoms with Crippen LogP contribution in [-0.4, -0.2) is 31.7 Å². The zero-order chi connectivity index (χ0) is 24.5. The first kappa shape index (κ1) is 24.6. The number of halogens is 1. The standard InChI is InChI=1S/C25H23ClN2O6/c1-3-33-25(31)34-20-11-6-17(7-12-20)23(29)28-19-9-4-16(5-10-19)15-27-24(30)21-14-18(26)8-13-22(21)32-2/h4-14H,3,15H2,1-2H3,(H,27,30)(H,28,29). The van der Waals surface area contributed by atoms with E-state index in [9.17, 15) is 14.4 Å². The summed E-state index contributed by atoms with van der Waals surface area (Å²) in [5.74, 6) is 0.0705. The van der Waals surface area contributed by atoms with Crippen LogP contribution in [-0.2, 0) is 11.3 Å². The molecule has 0 heterocycles. The van der Waals surface area contributed by atoms with Crippen LogP contribution in [0.5, 0.6) is 11.5 Å². The maximum atomic E-state index is 12.5. The number of ether oxygens (including phenoxy) is 3. The fraction of sp³-hybridized carbons (Fsp3) is 0.160. The molecule has 0 spiro atoms. The Morgan fingerprint density at radius 1 is 0.912 bits per heavy atom. The SMILES string of the molecule is CCOC(=O)Oc1ccc(C(=O)Nc2ccc(CNC(=O)c3cc(Cl)ccc3OC)cc2)cc1. The van der Waals surface area contributed by atoms with Crippen molar-refractivity contribution in [3.8, 4) is 11.5 Å². The van der Waals surface area contributed by atoms with Gasteiger partial charge in [-0.05, 0) is 67.1 Å². The number of amides is 2. The highest BCUT2D eigenvalue weighted by Gasteiger charge is 2.13. The molecule has 8 nitrogen and oxygen atoms in total. The molecule has 0 fully saturated rings. The maximum Gasteiger partial charge on any atom is 0.513 e. The van der Waals surface area contributed by atoms with Crippen LogP contribution in [0, 0.1) is 0 Å². The van der Waals surface area contributed by atoms with Gasteiger partial charge in [0.25, 0.3) is 11.8 Å². The number of hydrogen-bond donors (Lipinski definition) is 2. The molecule has 2 amide bonds. The van der Waals surface area contributed by atoms with E-state index in [4.69, 9.17) is 25.8 Å². The van der Waals surface area contributed by atoms with Gasteiger partial charge in [-0.2, -0.15) is 0 Å². The molecule has 2 N–H and O–H groups in total. The van der Waals surface area contributed by atoms with Gasteiger partial charge in [0.05, 0.1) is 19.3 Å². The van der Waals surface area contributed by atoms with Crippen molar-refractivity contribution in [1.29, 1.82) is 0 Å². The molecule has 3 rings (SSSR count). The Labute approximate surface area is 201 Å². The number of rotatable bonds is 8. The van der Waals surface area contributed by atoms with E-state index in [1.807, 2.05) is 0 Å². The van der Waals surface area contributed by atoms with Crippen LogP contribution in [0.25, 0.3) is 0 Å². The van der Waals surface area contributed by atoms with Crippen molar-refractivity contribution < 1.29 is 28.6 Å². The lowest BCUT2D eigenvalue weighted by Crippen LogP contribution is -2.23. The van der Waals surface area contributed by atoms with E-state index in [0.717, 1.165) is 5.56 Å². The highest BCUT2D eigenvalue weighted by atomic mass is 35.5. The Bertz CT molecular complexity index is 1160. The van der Waals surface area contributed by atoms with Gasteiger partial charge in [-0.3, -0.25) is 9.59 Å². The molecular formula is C25H23ClN2O6. The Hall–Kier alpha value is -4.04. The first-order valence-corrected chi connectivity index (χ1v) is 10.7. The molecule has 0 aliphatic heterocycles. The quantitative estimate of drug-likeness (QED) is 0.343. The molecule has 0 atom stereocenters. The zero-order valence-electron chi connectivity index (χ0n) is 18.6. The average Bonchev–Trinajstić information content (AvgIpc) is 2.84. The second-order valence-corrected chi connectivity index (χ2v) is 7.42. The number of benzene rings is 3. The minimum absolute atomic E-state index is 0.209. The number of carbonyl (C=O) groups is 3. The number of carbonyl (C=O) groups excluding carboxylic acids is 3. The van der Waals surface area contributed by atoms with Crippen LogP contribution in [0.1, 0.15) is 33.2 Å². The first-order valence-electron chi connectivity index (χ1n) is 10.4. The van der Waals surface area contributed by atoms with Gasteiger partial charge in [-0.15, -0.1) is 0 Å². The molecule has 0 aliphatic rings. The summed E-state index contributed by atoms with van der Waals surface area (Å²) < 4.78 is 14.9. The van der Waals surface area contributed by atoms with Gasteiger partial charge >= 0.3 is 6.16 Å². The normalized spacial score (nSPS) is 10.2. The van der Waals surface area contributed by atoms with Crippen molar-refractivity contribution in [2.75, 3.05) is 19.0 Å². The van der Waals surface area contributed by atoms with E-state index in [-0.39, 0.29) is 30.7 Å². The van der Waals surface area contributed by atoms with Gasteiger partial charge in [0.2, 0.25) is 0 Å². The molecule has 176 valence electrons. The fourth-order valence-electron chi connectivity index (χ4n) is 2.96. The van der Waals surface area contributed by atoms with E-state index in [2.05, 4.69) is 10.6 Å². The molecule has 0 bridgehead atoms. The smallest absolute Gasteiger partial charge is 0.496 e. The van der Waals surface area contributed by atoms with Gasteiger partial charge in [-0.1, -0.05) is 23.7 Å². The minimum Gasteiger partial charge on any atom is -0.496 e. The lowest BCUT2D eigenvalue weighted by Gasteiger charge is -2.11. The lowest BCUT2D eigenvalue weighted by molar-refractivity contribution is 0.0946. The predicted molar refractivity (Wildman–Crippen MR) is 128 cm³/mol. The Morgan fingerprint density at radius 3 is 2.26 bits per heavy atom. The van der Waals surface area contributed by atoms with Crippen LogP contribution in [0.15, 0.2) is 66.7 Å². The molecule has 0 aliphatic carbocycles. The Morgan fingerprint density at radius 2 is 1.62 bits per heavy atom.